The first kappa shape index (κ1) is 12.2. The zero-order valence-corrected chi connectivity index (χ0v) is 9.77. The van der Waals surface area contributed by atoms with Crippen LogP contribution in [-0.2, 0) is 9.59 Å². The van der Waals surface area contributed by atoms with Crippen LogP contribution in [0.4, 0.5) is 0 Å². The average Bonchev–Trinajstić information content (AvgIpc) is 3.17. The fourth-order valence-corrected chi connectivity index (χ4v) is 1.62. The van der Waals surface area contributed by atoms with Crippen LogP contribution in [0.3, 0.4) is 0 Å². The Morgan fingerprint density at radius 2 is 1.94 bits per heavy atom. The van der Waals surface area contributed by atoms with Gasteiger partial charge in [0.1, 0.15) is 5.41 Å². The van der Waals surface area contributed by atoms with E-state index in [0.717, 1.165) is 5.56 Å². The SMILES string of the molecule is O=C(O)C1(C(=O)NCC#Cc2ccccc2)CC1. The lowest BCUT2D eigenvalue weighted by atomic mass is 10.1. The molecule has 1 aliphatic rings. The molecule has 4 heteroatoms. The highest BCUT2D eigenvalue weighted by Crippen LogP contribution is 2.45. The van der Waals surface area contributed by atoms with Gasteiger partial charge in [-0.05, 0) is 25.0 Å². The minimum Gasteiger partial charge on any atom is -0.480 e. The van der Waals surface area contributed by atoms with Gasteiger partial charge in [-0.3, -0.25) is 9.59 Å². The van der Waals surface area contributed by atoms with Crippen LogP contribution in [-0.4, -0.2) is 23.5 Å². The van der Waals surface area contributed by atoms with Gasteiger partial charge in [-0.1, -0.05) is 30.0 Å². The molecule has 0 spiro atoms. The van der Waals surface area contributed by atoms with E-state index in [1.165, 1.54) is 0 Å². The number of carboxylic acid groups (broad SMARTS) is 1. The lowest BCUT2D eigenvalue weighted by molar-refractivity contribution is -0.148. The van der Waals surface area contributed by atoms with E-state index >= 15 is 0 Å². The molecule has 0 saturated heterocycles. The molecule has 0 atom stereocenters. The van der Waals surface area contributed by atoms with Crippen LogP contribution in [0.25, 0.3) is 0 Å². The normalized spacial score (nSPS) is 15.1. The van der Waals surface area contributed by atoms with Crippen LogP contribution >= 0.6 is 0 Å². The molecule has 18 heavy (non-hydrogen) atoms. The third-order valence-electron chi connectivity index (χ3n) is 2.94. The summed E-state index contributed by atoms with van der Waals surface area (Å²) in [6.07, 6.45) is 0.834. The zero-order chi connectivity index (χ0) is 13.0. The summed E-state index contributed by atoms with van der Waals surface area (Å²) in [6.45, 7) is 0.169. The van der Waals surface area contributed by atoms with Crippen molar-refractivity contribution < 1.29 is 14.7 Å². The van der Waals surface area contributed by atoms with Gasteiger partial charge in [0, 0.05) is 5.56 Å². The standard InChI is InChI=1S/C14H13NO3/c16-12(14(8-9-14)13(17)18)15-10-4-7-11-5-2-1-3-6-11/h1-3,5-6H,8-10H2,(H,15,16)(H,17,18). The molecule has 92 valence electrons. The van der Waals surface area contributed by atoms with E-state index in [2.05, 4.69) is 17.2 Å². The topological polar surface area (TPSA) is 66.4 Å². The third kappa shape index (κ3) is 2.51. The highest BCUT2D eigenvalue weighted by Gasteiger charge is 2.56. The Morgan fingerprint density at radius 1 is 1.28 bits per heavy atom. The first-order valence-electron chi connectivity index (χ1n) is 5.71. The molecular weight excluding hydrogens is 230 g/mol. The molecule has 1 fully saturated rings. The van der Waals surface area contributed by atoms with E-state index in [0.29, 0.717) is 12.8 Å². The molecule has 1 aliphatic carbocycles. The van der Waals surface area contributed by atoms with E-state index in [-0.39, 0.29) is 6.54 Å². The molecule has 2 N–H and O–H groups in total. The molecule has 1 saturated carbocycles. The summed E-state index contributed by atoms with van der Waals surface area (Å²) < 4.78 is 0. The number of carbonyl (C=O) groups excluding carboxylic acids is 1. The van der Waals surface area contributed by atoms with E-state index < -0.39 is 17.3 Å². The van der Waals surface area contributed by atoms with Gasteiger partial charge in [-0.2, -0.15) is 0 Å². The molecule has 0 heterocycles. The molecule has 1 amide bonds. The Morgan fingerprint density at radius 3 is 2.50 bits per heavy atom. The van der Waals surface area contributed by atoms with Crippen LogP contribution in [0.5, 0.6) is 0 Å². The first-order chi connectivity index (χ1) is 8.65. The minimum atomic E-state index is -1.19. The number of amides is 1. The van der Waals surface area contributed by atoms with E-state index in [4.69, 9.17) is 5.11 Å². The number of hydrogen-bond donors (Lipinski definition) is 2. The molecule has 0 radical (unpaired) electrons. The predicted octanol–water partition coefficient (Wildman–Crippen LogP) is 1.02. The van der Waals surface area contributed by atoms with Crippen molar-refractivity contribution in [3.05, 3.63) is 35.9 Å². The van der Waals surface area contributed by atoms with Crippen LogP contribution in [0.2, 0.25) is 0 Å². The Hall–Kier alpha value is -2.28. The summed E-state index contributed by atoms with van der Waals surface area (Å²) >= 11 is 0. The lowest BCUT2D eigenvalue weighted by Crippen LogP contribution is -2.37. The van der Waals surface area contributed by atoms with Crippen molar-refractivity contribution in [3.8, 4) is 11.8 Å². The van der Waals surface area contributed by atoms with Gasteiger partial charge in [0.15, 0.2) is 0 Å². The summed E-state index contributed by atoms with van der Waals surface area (Å²) in [7, 11) is 0. The van der Waals surface area contributed by atoms with Gasteiger partial charge in [0.05, 0.1) is 6.54 Å². The van der Waals surface area contributed by atoms with Gasteiger partial charge in [0.25, 0.3) is 0 Å². The van der Waals surface area contributed by atoms with Crippen molar-refractivity contribution in [3.63, 3.8) is 0 Å². The fourth-order valence-electron chi connectivity index (χ4n) is 1.62. The number of carboxylic acids is 1. The highest BCUT2D eigenvalue weighted by molar-refractivity contribution is 6.04. The van der Waals surface area contributed by atoms with Gasteiger partial charge in [-0.15, -0.1) is 0 Å². The second kappa shape index (κ2) is 4.92. The molecule has 0 aromatic heterocycles. The maximum atomic E-state index is 11.6. The Bertz CT molecular complexity index is 521. The monoisotopic (exact) mass is 243 g/mol. The van der Waals surface area contributed by atoms with Crippen LogP contribution in [0, 0.1) is 17.3 Å². The lowest BCUT2D eigenvalue weighted by Gasteiger charge is -2.07. The summed E-state index contributed by atoms with van der Waals surface area (Å²) in [6, 6.07) is 9.40. The smallest absolute Gasteiger partial charge is 0.319 e. The zero-order valence-electron chi connectivity index (χ0n) is 9.77. The van der Waals surface area contributed by atoms with Crippen molar-refractivity contribution in [1.82, 2.24) is 5.32 Å². The molecule has 0 aliphatic heterocycles. The second-order valence-corrected chi connectivity index (χ2v) is 4.24. The number of hydrogen-bond acceptors (Lipinski definition) is 2. The van der Waals surface area contributed by atoms with Crippen molar-refractivity contribution in [1.29, 1.82) is 0 Å². The molecular formula is C14H13NO3. The van der Waals surface area contributed by atoms with Gasteiger partial charge in [0.2, 0.25) is 5.91 Å². The Kier molecular flexibility index (Phi) is 3.33. The van der Waals surface area contributed by atoms with E-state index in [1.807, 2.05) is 30.3 Å². The molecule has 1 aromatic carbocycles. The number of nitrogens with one attached hydrogen (secondary N) is 1. The van der Waals surface area contributed by atoms with Crippen LogP contribution in [0.1, 0.15) is 18.4 Å². The minimum absolute atomic E-state index is 0.169. The molecule has 2 rings (SSSR count). The van der Waals surface area contributed by atoms with E-state index in [9.17, 15) is 9.59 Å². The number of carbonyl (C=O) groups is 2. The van der Waals surface area contributed by atoms with E-state index in [1.54, 1.807) is 0 Å². The maximum Gasteiger partial charge on any atom is 0.319 e. The molecule has 1 aromatic rings. The van der Waals surface area contributed by atoms with Crippen molar-refractivity contribution in [2.24, 2.45) is 5.41 Å². The summed E-state index contributed by atoms with van der Waals surface area (Å²) in [4.78, 5) is 22.5. The number of rotatable bonds is 3. The second-order valence-electron chi connectivity index (χ2n) is 4.24. The maximum absolute atomic E-state index is 11.6. The van der Waals surface area contributed by atoms with Crippen molar-refractivity contribution in [2.75, 3.05) is 6.54 Å². The molecule has 0 bridgehead atoms. The quantitative estimate of drug-likeness (QED) is 0.615. The Balaban J connectivity index is 1.85. The van der Waals surface area contributed by atoms with Crippen molar-refractivity contribution in [2.45, 2.75) is 12.8 Å². The van der Waals surface area contributed by atoms with Gasteiger partial charge < -0.3 is 10.4 Å². The summed E-state index contributed by atoms with van der Waals surface area (Å²) in [5, 5.41) is 11.5. The highest BCUT2D eigenvalue weighted by atomic mass is 16.4. The third-order valence-corrected chi connectivity index (χ3v) is 2.94. The predicted molar refractivity (Wildman–Crippen MR) is 65.6 cm³/mol. The van der Waals surface area contributed by atoms with Gasteiger partial charge >= 0.3 is 5.97 Å². The van der Waals surface area contributed by atoms with Crippen LogP contribution in [0.15, 0.2) is 30.3 Å². The van der Waals surface area contributed by atoms with Gasteiger partial charge in [-0.25, -0.2) is 0 Å². The molecule has 0 unspecified atom stereocenters. The Labute approximate surface area is 105 Å². The number of aliphatic carboxylic acids is 1. The first-order valence-corrected chi connectivity index (χ1v) is 5.71. The average molecular weight is 243 g/mol. The largest absolute Gasteiger partial charge is 0.480 e. The number of benzene rings is 1. The fraction of sp³-hybridized carbons (Fsp3) is 0.286. The molecule has 4 nitrogen and oxygen atoms in total. The van der Waals surface area contributed by atoms with Crippen LogP contribution < -0.4 is 5.32 Å². The summed E-state index contributed by atoms with van der Waals surface area (Å²) in [5.74, 6) is 4.21. The summed E-state index contributed by atoms with van der Waals surface area (Å²) in [5.41, 5.74) is -0.319. The van der Waals surface area contributed by atoms with Crippen molar-refractivity contribution >= 4 is 11.9 Å².